The maximum atomic E-state index is 12.1. The van der Waals surface area contributed by atoms with Crippen LogP contribution in [0.4, 0.5) is 0 Å². The molecule has 0 N–H and O–H groups in total. The van der Waals surface area contributed by atoms with Gasteiger partial charge in [-0.3, -0.25) is 4.79 Å². The monoisotopic (exact) mass is 302 g/mol. The molecule has 4 heteroatoms. The zero-order valence-electron chi connectivity index (χ0n) is 10.1. The molecule has 0 amide bonds. The number of thioether (sulfide) groups is 1. The van der Waals surface area contributed by atoms with E-state index in [1.807, 2.05) is 0 Å². The molecule has 0 bridgehead atoms. The highest BCUT2D eigenvalue weighted by atomic mass is 35.5. The summed E-state index contributed by atoms with van der Waals surface area (Å²) in [6.07, 6.45) is 6.40. The number of carbonyl (C=O) groups is 1. The lowest BCUT2D eigenvalue weighted by Crippen LogP contribution is -2.12. The molecule has 0 unspecified atom stereocenters. The lowest BCUT2D eigenvalue weighted by molar-refractivity contribution is 0.102. The van der Waals surface area contributed by atoms with Crippen molar-refractivity contribution >= 4 is 40.7 Å². The van der Waals surface area contributed by atoms with Gasteiger partial charge in [-0.25, -0.2) is 0 Å². The van der Waals surface area contributed by atoms with Crippen LogP contribution in [0.25, 0.3) is 0 Å². The molecule has 0 saturated heterocycles. The van der Waals surface area contributed by atoms with Gasteiger partial charge < -0.3 is 0 Å². The summed E-state index contributed by atoms with van der Waals surface area (Å²) < 4.78 is 0. The average molecular weight is 303 g/mol. The minimum atomic E-state index is 0.0815. The number of benzene rings is 1. The number of halogens is 2. The molecular weight excluding hydrogens is 287 g/mol. The highest BCUT2D eigenvalue weighted by Gasteiger charge is 2.17. The molecule has 0 aromatic heterocycles. The van der Waals surface area contributed by atoms with Crippen LogP contribution in [0.1, 0.15) is 42.5 Å². The van der Waals surface area contributed by atoms with Gasteiger partial charge in [-0.15, -0.1) is 0 Å². The lowest BCUT2D eigenvalue weighted by atomic mass is 10.0. The van der Waals surface area contributed by atoms with Crippen LogP contribution in [-0.4, -0.2) is 16.8 Å². The van der Waals surface area contributed by atoms with Crippen LogP contribution in [-0.2, 0) is 0 Å². The molecule has 0 atom stereocenters. The van der Waals surface area contributed by atoms with Gasteiger partial charge in [0.25, 0.3) is 0 Å². The highest BCUT2D eigenvalue weighted by Crippen LogP contribution is 2.29. The Kier molecular flexibility index (Phi) is 5.40. The van der Waals surface area contributed by atoms with Crippen molar-refractivity contribution < 1.29 is 4.79 Å². The lowest BCUT2D eigenvalue weighted by Gasteiger charge is -2.20. The Balaban J connectivity index is 1.92. The van der Waals surface area contributed by atoms with Crippen molar-refractivity contribution in [3.8, 4) is 0 Å². The fraction of sp³-hybridized carbons (Fsp3) is 0.500. The van der Waals surface area contributed by atoms with Crippen LogP contribution in [0, 0.1) is 0 Å². The number of hydrogen-bond acceptors (Lipinski definition) is 2. The van der Waals surface area contributed by atoms with Gasteiger partial charge >= 0.3 is 0 Å². The minimum absolute atomic E-state index is 0.0815. The maximum Gasteiger partial charge on any atom is 0.174 e. The van der Waals surface area contributed by atoms with Crippen molar-refractivity contribution in [3.05, 3.63) is 33.8 Å². The van der Waals surface area contributed by atoms with Gasteiger partial charge in [0.2, 0.25) is 0 Å². The van der Waals surface area contributed by atoms with Crippen molar-refractivity contribution in [2.45, 2.75) is 37.4 Å². The molecule has 0 spiro atoms. The topological polar surface area (TPSA) is 17.1 Å². The van der Waals surface area contributed by atoms with Crippen LogP contribution in [0.3, 0.4) is 0 Å². The van der Waals surface area contributed by atoms with Crippen LogP contribution >= 0.6 is 35.0 Å². The normalized spacial score (nSPS) is 16.8. The van der Waals surface area contributed by atoms with Crippen molar-refractivity contribution in [1.29, 1.82) is 0 Å². The minimum Gasteiger partial charge on any atom is -0.293 e. The van der Waals surface area contributed by atoms with E-state index >= 15 is 0 Å². The van der Waals surface area contributed by atoms with Crippen LogP contribution in [0.15, 0.2) is 18.2 Å². The zero-order valence-corrected chi connectivity index (χ0v) is 12.5. The molecule has 0 radical (unpaired) electrons. The molecule has 2 rings (SSSR count). The molecule has 18 heavy (non-hydrogen) atoms. The summed E-state index contributed by atoms with van der Waals surface area (Å²) in [7, 11) is 0. The summed E-state index contributed by atoms with van der Waals surface area (Å²) >= 11 is 13.7. The summed E-state index contributed by atoms with van der Waals surface area (Å²) in [5.41, 5.74) is 0.549. The van der Waals surface area contributed by atoms with Gasteiger partial charge in [0, 0.05) is 15.8 Å². The molecule has 0 heterocycles. The number of hydrogen-bond donors (Lipinski definition) is 0. The van der Waals surface area contributed by atoms with E-state index < -0.39 is 0 Å². The summed E-state index contributed by atoms with van der Waals surface area (Å²) in [6, 6.07) is 5.05. The van der Waals surface area contributed by atoms with E-state index in [4.69, 9.17) is 23.2 Å². The van der Waals surface area contributed by atoms with Crippen molar-refractivity contribution in [2.75, 3.05) is 5.75 Å². The molecule has 1 nitrogen and oxygen atoms in total. The first-order valence-electron chi connectivity index (χ1n) is 6.26. The van der Waals surface area contributed by atoms with Crippen molar-refractivity contribution in [2.24, 2.45) is 0 Å². The number of ketones is 1. The SMILES string of the molecule is O=C(CSC1CCCCC1)c1cc(Cl)ccc1Cl. The third-order valence-electron chi connectivity index (χ3n) is 3.23. The largest absolute Gasteiger partial charge is 0.293 e. The average Bonchev–Trinajstić information content (AvgIpc) is 2.40. The Morgan fingerprint density at radius 2 is 1.94 bits per heavy atom. The van der Waals surface area contributed by atoms with Gasteiger partial charge in [0.05, 0.1) is 10.8 Å². The molecular formula is C14H16Cl2OS. The fourth-order valence-corrected chi connectivity index (χ4v) is 3.82. The van der Waals surface area contributed by atoms with Crippen LogP contribution < -0.4 is 0 Å². The van der Waals surface area contributed by atoms with E-state index in [1.165, 1.54) is 32.1 Å². The van der Waals surface area contributed by atoms with Gasteiger partial charge in [-0.1, -0.05) is 42.5 Å². The third kappa shape index (κ3) is 3.91. The second-order valence-electron chi connectivity index (χ2n) is 4.62. The first-order chi connectivity index (χ1) is 8.66. The highest BCUT2D eigenvalue weighted by molar-refractivity contribution is 8.00. The molecule has 1 aliphatic carbocycles. The molecule has 0 aliphatic heterocycles. The maximum absolute atomic E-state index is 12.1. The van der Waals surface area contributed by atoms with Crippen molar-refractivity contribution in [1.82, 2.24) is 0 Å². The van der Waals surface area contributed by atoms with Gasteiger partial charge in [0.15, 0.2) is 5.78 Å². The summed E-state index contributed by atoms with van der Waals surface area (Å²) in [5.74, 6) is 0.586. The van der Waals surface area contributed by atoms with E-state index in [-0.39, 0.29) is 5.78 Å². The number of Topliss-reactive ketones (excluding diaryl/α,β-unsaturated/α-hetero) is 1. The second kappa shape index (κ2) is 6.83. The predicted octanol–water partition coefficient (Wildman–Crippen LogP) is 5.24. The Labute approximate surface area is 122 Å². The summed E-state index contributed by atoms with van der Waals surface area (Å²) in [5, 5.41) is 1.69. The molecule has 98 valence electrons. The summed E-state index contributed by atoms with van der Waals surface area (Å²) in [4.78, 5) is 12.1. The molecule has 1 aromatic rings. The summed E-state index contributed by atoms with van der Waals surface area (Å²) in [6.45, 7) is 0. The van der Waals surface area contributed by atoms with Crippen LogP contribution in [0.2, 0.25) is 10.0 Å². The fourth-order valence-electron chi connectivity index (χ4n) is 2.21. The quantitative estimate of drug-likeness (QED) is 0.707. The van der Waals surface area contributed by atoms with Gasteiger partial charge in [0.1, 0.15) is 0 Å². The van der Waals surface area contributed by atoms with E-state index in [0.717, 1.165) is 0 Å². The molecule has 1 saturated carbocycles. The second-order valence-corrected chi connectivity index (χ2v) is 6.75. The Hall–Kier alpha value is -0.180. The molecule has 1 fully saturated rings. The Morgan fingerprint density at radius 3 is 2.67 bits per heavy atom. The Bertz CT molecular complexity index is 428. The van der Waals surface area contributed by atoms with E-state index in [0.29, 0.717) is 26.6 Å². The third-order valence-corrected chi connectivity index (χ3v) is 5.17. The number of rotatable bonds is 4. The van der Waals surface area contributed by atoms with E-state index in [1.54, 1.807) is 30.0 Å². The first kappa shape index (κ1) is 14.2. The van der Waals surface area contributed by atoms with Crippen molar-refractivity contribution in [3.63, 3.8) is 0 Å². The van der Waals surface area contributed by atoms with E-state index in [9.17, 15) is 4.79 Å². The van der Waals surface area contributed by atoms with E-state index in [2.05, 4.69) is 0 Å². The molecule has 1 aliphatic rings. The first-order valence-corrected chi connectivity index (χ1v) is 8.07. The Morgan fingerprint density at radius 1 is 1.22 bits per heavy atom. The predicted molar refractivity (Wildman–Crippen MR) is 80.1 cm³/mol. The molecule has 1 aromatic carbocycles. The van der Waals surface area contributed by atoms with Gasteiger partial charge in [-0.2, -0.15) is 11.8 Å². The zero-order chi connectivity index (χ0) is 13.0. The van der Waals surface area contributed by atoms with Gasteiger partial charge in [-0.05, 0) is 31.0 Å². The standard InChI is InChI=1S/C14H16Cl2OS/c15-10-6-7-13(16)12(8-10)14(17)9-18-11-4-2-1-3-5-11/h6-8,11H,1-5,9H2. The number of carbonyl (C=O) groups excluding carboxylic acids is 1. The van der Waals surface area contributed by atoms with Crippen LogP contribution in [0.5, 0.6) is 0 Å². The smallest absolute Gasteiger partial charge is 0.174 e.